The van der Waals surface area contributed by atoms with Gasteiger partial charge in [0.1, 0.15) is 6.54 Å². The zero-order valence-electron chi connectivity index (χ0n) is 17.7. The Kier molecular flexibility index (Phi) is 6.50. The average Bonchev–Trinajstić information content (AvgIpc) is 3.28. The van der Waals surface area contributed by atoms with Gasteiger partial charge in [0.2, 0.25) is 0 Å². The zero-order chi connectivity index (χ0) is 22.3. The highest BCUT2D eigenvalue weighted by Crippen LogP contribution is 2.16. The topological polar surface area (TPSA) is 103 Å². The van der Waals surface area contributed by atoms with Crippen LogP contribution in [0.15, 0.2) is 76.0 Å². The number of benzene rings is 2. The third kappa shape index (κ3) is 5.34. The van der Waals surface area contributed by atoms with E-state index in [0.29, 0.717) is 12.2 Å². The first-order valence-electron chi connectivity index (χ1n) is 10.4. The maximum absolute atomic E-state index is 12.3. The normalized spacial score (nSPS) is 10.8. The van der Waals surface area contributed by atoms with Crippen molar-refractivity contribution in [1.82, 2.24) is 25.2 Å². The van der Waals surface area contributed by atoms with Crippen molar-refractivity contribution in [2.75, 3.05) is 6.54 Å². The molecular formula is C24H23N5O3. The first-order valence-corrected chi connectivity index (χ1v) is 10.4. The number of nitrogens with one attached hydrogen (secondary N) is 1. The fraction of sp³-hybridized carbons (Fsp3) is 0.208. The van der Waals surface area contributed by atoms with Gasteiger partial charge < -0.3 is 9.84 Å². The van der Waals surface area contributed by atoms with Gasteiger partial charge in [0.05, 0.1) is 5.69 Å². The summed E-state index contributed by atoms with van der Waals surface area (Å²) in [4.78, 5) is 28.6. The molecule has 0 saturated heterocycles. The Morgan fingerprint density at radius 3 is 2.59 bits per heavy atom. The number of hydrogen-bond donors (Lipinski definition) is 1. The van der Waals surface area contributed by atoms with Crippen LogP contribution in [0.1, 0.15) is 34.1 Å². The largest absolute Gasteiger partial charge is 0.348 e. The third-order valence-electron chi connectivity index (χ3n) is 4.94. The van der Waals surface area contributed by atoms with Crippen molar-refractivity contribution in [3.05, 3.63) is 99.9 Å². The minimum Gasteiger partial charge on any atom is -0.348 e. The van der Waals surface area contributed by atoms with Gasteiger partial charge in [0, 0.05) is 18.2 Å². The Balaban J connectivity index is 1.36. The van der Waals surface area contributed by atoms with Crippen LogP contribution < -0.4 is 10.9 Å². The lowest BCUT2D eigenvalue weighted by Gasteiger charge is -2.05. The molecule has 1 amide bonds. The van der Waals surface area contributed by atoms with Gasteiger partial charge in [0.25, 0.3) is 5.56 Å². The summed E-state index contributed by atoms with van der Waals surface area (Å²) in [6.07, 6.45) is 1.66. The smallest absolute Gasteiger partial charge is 0.316 e. The molecule has 0 bridgehead atoms. The second-order valence-corrected chi connectivity index (χ2v) is 7.44. The highest BCUT2D eigenvalue weighted by atomic mass is 16.5. The molecule has 0 radical (unpaired) electrons. The molecule has 32 heavy (non-hydrogen) atoms. The van der Waals surface area contributed by atoms with Crippen LogP contribution in [0, 0.1) is 6.92 Å². The number of hydrogen-bond acceptors (Lipinski definition) is 6. The van der Waals surface area contributed by atoms with Crippen molar-refractivity contribution in [2.45, 2.75) is 26.3 Å². The second kappa shape index (κ2) is 9.82. The lowest BCUT2D eigenvalue weighted by molar-refractivity contribution is 0.0909. The minimum absolute atomic E-state index is 0.00330. The first-order chi connectivity index (χ1) is 15.6. The number of carbonyl (C=O) groups is 1. The lowest BCUT2D eigenvalue weighted by atomic mass is 10.1. The maximum atomic E-state index is 12.3. The highest BCUT2D eigenvalue weighted by molar-refractivity contribution is 5.89. The van der Waals surface area contributed by atoms with Crippen LogP contribution in [0.2, 0.25) is 0 Å². The fourth-order valence-electron chi connectivity index (χ4n) is 3.20. The Bertz CT molecular complexity index is 1250. The first kappa shape index (κ1) is 21.2. The van der Waals surface area contributed by atoms with Crippen LogP contribution in [-0.4, -0.2) is 32.4 Å². The number of nitrogens with zero attached hydrogens (tertiary/aromatic N) is 4. The van der Waals surface area contributed by atoms with E-state index in [1.54, 1.807) is 6.07 Å². The van der Waals surface area contributed by atoms with E-state index < -0.39 is 5.91 Å². The van der Waals surface area contributed by atoms with Gasteiger partial charge in [-0.25, -0.2) is 4.68 Å². The van der Waals surface area contributed by atoms with E-state index in [0.717, 1.165) is 24.0 Å². The van der Waals surface area contributed by atoms with Gasteiger partial charge in [-0.15, -0.1) is 0 Å². The van der Waals surface area contributed by atoms with E-state index in [1.807, 2.05) is 49.4 Å². The summed E-state index contributed by atoms with van der Waals surface area (Å²) in [6.45, 7) is 2.50. The summed E-state index contributed by atoms with van der Waals surface area (Å²) in [5.41, 5.74) is 3.61. The van der Waals surface area contributed by atoms with Crippen molar-refractivity contribution < 1.29 is 9.32 Å². The van der Waals surface area contributed by atoms with Crippen LogP contribution in [0.25, 0.3) is 11.3 Å². The lowest BCUT2D eigenvalue weighted by Crippen LogP contribution is -2.25. The number of aromatic nitrogens is 4. The molecule has 8 heteroatoms. The Morgan fingerprint density at radius 2 is 1.81 bits per heavy atom. The number of aryl methyl sites for hydroxylation is 2. The van der Waals surface area contributed by atoms with Crippen LogP contribution in [0.3, 0.4) is 0 Å². The third-order valence-corrected chi connectivity index (χ3v) is 4.94. The van der Waals surface area contributed by atoms with Crippen molar-refractivity contribution in [3.63, 3.8) is 0 Å². The average molecular weight is 429 g/mol. The SMILES string of the molecule is Cc1ccc(-c2ccc(=O)n(Cc3noc(C(=O)NCCCc4ccccc4)n3)n2)cc1. The van der Waals surface area contributed by atoms with Gasteiger partial charge >= 0.3 is 11.8 Å². The summed E-state index contributed by atoms with van der Waals surface area (Å²) < 4.78 is 6.32. The van der Waals surface area contributed by atoms with E-state index in [4.69, 9.17) is 4.52 Å². The molecule has 2 heterocycles. The zero-order valence-corrected chi connectivity index (χ0v) is 17.7. The molecule has 2 aromatic carbocycles. The summed E-state index contributed by atoms with van der Waals surface area (Å²) >= 11 is 0. The predicted octanol–water partition coefficient (Wildman–Crippen LogP) is 3.01. The van der Waals surface area contributed by atoms with Gasteiger partial charge in [-0.1, -0.05) is 65.3 Å². The molecule has 1 N–H and O–H groups in total. The predicted molar refractivity (Wildman–Crippen MR) is 119 cm³/mol. The molecule has 0 aliphatic heterocycles. The summed E-state index contributed by atoms with van der Waals surface area (Å²) in [6, 6.07) is 21.0. The van der Waals surface area contributed by atoms with Crippen LogP contribution >= 0.6 is 0 Å². The second-order valence-electron chi connectivity index (χ2n) is 7.44. The molecule has 0 atom stereocenters. The number of rotatable bonds is 8. The quantitative estimate of drug-likeness (QED) is 0.432. The molecular weight excluding hydrogens is 406 g/mol. The Hall–Kier alpha value is -4.07. The highest BCUT2D eigenvalue weighted by Gasteiger charge is 2.16. The Morgan fingerprint density at radius 1 is 1.03 bits per heavy atom. The molecule has 0 aliphatic carbocycles. The van der Waals surface area contributed by atoms with Gasteiger partial charge in [-0.05, 0) is 31.4 Å². The van der Waals surface area contributed by atoms with Crippen molar-refractivity contribution in [3.8, 4) is 11.3 Å². The minimum atomic E-state index is -0.439. The number of carbonyl (C=O) groups excluding carboxylic acids is 1. The molecule has 0 fully saturated rings. The van der Waals surface area contributed by atoms with Gasteiger partial charge in [-0.2, -0.15) is 10.1 Å². The van der Waals surface area contributed by atoms with E-state index in [2.05, 4.69) is 32.7 Å². The Labute approximate surface area is 184 Å². The van der Waals surface area contributed by atoms with Crippen LogP contribution in [-0.2, 0) is 13.0 Å². The molecule has 8 nitrogen and oxygen atoms in total. The summed E-state index contributed by atoms with van der Waals surface area (Å²) in [5.74, 6) is -0.372. The monoisotopic (exact) mass is 429 g/mol. The van der Waals surface area contributed by atoms with E-state index in [9.17, 15) is 9.59 Å². The molecule has 2 aromatic heterocycles. The van der Waals surface area contributed by atoms with Gasteiger partial charge in [-0.3, -0.25) is 9.59 Å². The molecule has 0 spiro atoms. The van der Waals surface area contributed by atoms with Gasteiger partial charge in [0.15, 0.2) is 5.82 Å². The molecule has 162 valence electrons. The maximum Gasteiger partial charge on any atom is 0.316 e. The van der Waals surface area contributed by atoms with Crippen LogP contribution in [0.5, 0.6) is 0 Å². The van der Waals surface area contributed by atoms with Crippen molar-refractivity contribution in [1.29, 1.82) is 0 Å². The number of amides is 1. The van der Waals surface area contributed by atoms with Crippen LogP contribution in [0.4, 0.5) is 0 Å². The van der Waals surface area contributed by atoms with Crippen molar-refractivity contribution >= 4 is 5.91 Å². The van der Waals surface area contributed by atoms with E-state index in [-0.39, 0.29) is 23.8 Å². The fourth-order valence-corrected chi connectivity index (χ4v) is 3.20. The molecule has 4 aromatic rings. The molecule has 4 rings (SSSR count). The van der Waals surface area contributed by atoms with E-state index >= 15 is 0 Å². The van der Waals surface area contributed by atoms with E-state index in [1.165, 1.54) is 16.3 Å². The molecule has 0 saturated carbocycles. The molecule has 0 unspecified atom stereocenters. The molecule has 0 aliphatic rings. The van der Waals surface area contributed by atoms with Crippen molar-refractivity contribution in [2.24, 2.45) is 0 Å². The summed E-state index contributed by atoms with van der Waals surface area (Å²) in [7, 11) is 0. The standard InChI is InChI=1S/C24H23N5O3/c1-17-9-11-19(12-10-17)20-13-14-22(30)29(27-20)16-21-26-24(32-28-21)23(31)25-15-5-8-18-6-3-2-4-7-18/h2-4,6-7,9-14H,5,8,15-16H2,1H3,(H,25,31). The summed E-state index contributed by atoms with van der Waals surface area (Å²) in [5, 5.41) is 11.0.